The van der Waals surface area contributed by atoms with E-state index >= 15 is 0 Å². The highest BCUT2D eigenvalue weighted by Crippen LogP contribution is 2.43. The number of piperazine rings is 1. The minimum Gasteiger partial charge on any atom is -0.473 e. The third-order valence-corrected chi connectivity index (χ3v) is 7.06. The highest BCUT2D eigenvalue weighted by atomic mass is 32.2. The van der Waals surface area contributed by atoms with E-state index in [1.54, 1.807) is 11.2 Å². The summed E-state index contributed by atoms with van der Waals surface area (Å²) in [6.07, 6.45) is 7.48. The number of rotatable bonds is 4. The van der Waals surface area contributed by atoms with Crippen molar-refractivity contribution in [1.29, 1.82) is 0 Å². The minimum absolute atomic E-state index is 0.226. The maximum atomic E-state index is 11.8. The van der Waals surface area contributed by atoms with Crippen molar-refractivity contribution in [3.8, 4) is 0 Å². The van der Waals surface area contributed by atoms with Crippen LogP contribution in [-0.2, 0) is 19.6 Å². The summed E-state index contributed by atoms with van der Waals surface area (Å²) in [6.45, 7) is 6.03. The third-order valence-electron chi connectivity index (χ3n) is 5.18. The van der Waals surface area contributed by atoms with Gasteiger partial charge < -0.3 is 15.1 Å². The van der Waals surface area contributed by atoms with Crippen LogP contribution in [0.25, 0.3) is 0 Å². The lowest BCUT2D eigenvalue weighted by atomic mass is 9.93. The lowest BCUT2D eigenvalue weighted by molar-refractivity contribution is -0.159. The lowest BCUT2D eigenvalue weighted by Crippen LogP contribution is -2.50. The number of carboxylic acid groups (broad SMARTS) is 2. The second kappa shape index (κ2) is 8.29. The van der Waals surface area contributed by atoms with Gasteiger partial charge in [-0.2, -0.15) is 4.31 Å². The summed E-state index contributed by atoms with van der Waals surface area (Å²) in [7, 11) is -2.98. The maximum absolute atomic E-state index is 11.8. The van der Waals surface area contributed by atoms with Gasteiger partial charge in [0.2, 0.25) is 10.0 Å². The van der Waals surface area contributed by atoms with Crippen molar-refractivity contribution < 1.29 is 28.2 Å². The number of sulfonamides is 1. The number of hydrogen-bond acceptors (Lipinski definition) is 5. The Balaban J connectivity index is 0.000000326. The molecule has 3 unspecified atom stereocenters. The SMILES string of the molecule is CCS(=O)(=O)N1CCN(CC2CC3C=CC2C3)CC1.O=C(O)C(=O)O. The molecule has 2 N–H and O–H groups in total. The largest absolute Gasteiger partial charge is 0.473 e. The van der Waals surface area contributed by atoms with Crippen LogP contribution >= 0.6 is 0 Å². The molecule has 25 heavy (non-hydrogen) atoms. The predicted octanol–water partition coefficient (Wildman–Crippen LogP) is 0.322. The molecule has 1 heterocycles. The molecule has 2 aliphatic carbocycles. The zero-order valence-electron chi connectivity index (χ0n) is 14.4. The molecule has 8 nitrogen and oxygen atoms in total. The van der Waals surface area contributed by atoms with E-state index in [2.05, 4.69) is 17.1 Å². The average molecular weight is 374 g/mol. The number of nitrogens with zero attached hydrogens (tertiary/aromatic N) is 2. The van der Waals surface area contributed by atoms with Crippen molar-refractivity contribution in [3.05, 3.63) is 12.2 Å². The average Bonchev–Trinajstić information content (AvgIpc) is 3.18. The van der Waals surface area contributed by atoms with E-state index < -0.39 is 22.0 Å². The molecule has 1 aliphatic heterocycles. The van der Waals surface area contributed by atoms with E-state index in [4.69, 9.17) is 19.8 Å². The molecule has 142 valence electrons. The van der Waals surface area contributed by atoms with Gasteiger partial charge in [0, 0.05) is 32.7 Å². The molecule has 0 amide bonds. The summed E-state index contributed by atoms with van der Waals surface area (Å²) < 4.78 is 25.3. The molecule has 9 heteroatoms. The highest BCUT2D eigenvalue weighted by molar-refractivity contribution is 7.89. The van der Waals surface area contributed by atoms with Crippen molar-refractivity contribution in [2.75, 3.05) is 38.5 Å². The van der Waals surface area contributed by atoms with Gasteiger partial charge in [-0.3, -0.25) is 0 Å². The summed E-state index contributed by atoms with van der Waals surface area (Å²) >= 11 is 0. The van der Waals surface area contributed by atoms with Gasteiger partial charge in [-0.1, -0.05) is 12.2 Å². The lowest BCUT2D eigenvalue weighted by Gasteiger charge is -2.36. The number of carbonyl (C=O) groups is 2. The van der Waals surface area contributed by atoms with Gasteiger partial charge in [0.15, 0.2) is 0 Å². The normalized spacial score (nSPS) is 29.2. The molecular formula is C16H26N2O6S. The molecular weight excluding hydrogens is 348 g/mol. The first kappa shape index (κ1) is 19.9. The fourth-order valence-electron chi connectivity index (χ4n) is 3.81. The molecule has 2 fully saturated rings. The van der Waals surface area contributed by atoms with Crippen LogP contribution in [0.15, 0.2) is 12.2 Å². The van der Waals surface area contributed by atoms with Gasteiger partial charge in [0.05, 0.1) is 5.75 Å². The number of hydrogen-bond donors (Lipinski definition) is 2. The van der Waals surface area contributed by atoms with Crippen molar-refractivity contribution in [1.82, 2.24) is 9.21 Å². The molecule has 0 radical (unpaired) electrons. The monoisotopic (exact) mass is 374 g/mol. The Kier molecular flexibility index (Phi) is 6.59. The highest BCUT2D eigenvalue weighted by Gasteiger charge is 2.37. The minimum atomic E-state index is -2.98. The molecule has 3 aliphatic rings. The Labute approximate surface area is 148 Å². The van der Waals surface area contributed by atoms with Crippen molar-refractivity contribution >= 4 is 22.0 Å². The van der Waals surface area contributed by atoms with Gasteiger partial charge >= 0.3 is 11.9 Å². The molecule has 0 aromatic heterocycles. The molecule has 0 aromatic rings. The van der Waals surface area contributed by atoms with Gasteiger partial charge in [-0.05, 0) is 37.5 Å². The fourth-order valence-corrected chi connectivity index (χ4v) is 4.89. The van der Waals surface area contributed by atoms with Crippen molar-refractivity contribution in [2.45, 2.75) is 19.8 Å². The van der Waals surface area contributed by atoms with E-state index in [1.807, 2.05) is 0 Å². The van der Waals surface area contributed by atoms with Crippen molar-refractivity contribution in [2.24, 2.45) is 17.8 Å². The Bertz CT molecular complexity index is 613. The van der Waals surface area contributed by atoms with E-state index in [-0.39, 0.29) is 5.75 Å². The van der Waals surface area contributed by atoms with E-state index in [9.17, 15) is 8.42 Å². The van der Waals surface area contributed by atoms with Crippen LogP contribution in [0.4, 0.5) is 0 Å². The molecule has 1 saturated carbocycles. The second-order valence-corrected chi connectivity index (χ2v) is 9.01. The number of allylic oxidation sites excluding steroid dienone is 2. The smallest absolute Gasteiger partial charge is 0.414 e. The fraction of sp³-hybridized carbons (Fsp3) is 0.750. The first-order valence-electron chi connectivity index (χ1n) is 8.57. The Morgan fingerprint density at radius 2 is 1.64 bits per heavy atom. The summed E-state index contributed by atoms with van der Waals surface area (Å²) in [5.41, 5.74) is 0. The van der Waals surface area contributed by atoms with Crippen LogP contribution < -0.4 is 0 Å². The van der Waals surface area contributed by atoms with Gasteiger partial charge in [0.1, 0.15) is 0 Å². The van der Waals surface area contributed by atoms with Gasteiger partial charge in [0.25, 0.3) is 0 Å². The topological polar surface area (TPSA) is 115 Å². The van der Waals surface area contributed by atoms with Crippen LogP contribution in [0.3, 0.4) is 0 Å². The number of aliphatic carboxylic acids is 2. The Hall–Kier alpha value is -1.45. The maximum Gasteiger partial charge on any atom is 0.414 e. The summed E-state index contributed by atoms with van der Waals surface area (Å²) in [5, 5.41) is 14.8. The third kappa shape index (κ3) is 5.26. The van der Waals surface area contributed by atoms with Crippen LogP contribution in [0.1, 0.15) is 19.8 Å². The molecule has 0 aromatic carbocycles. The van der Waals surface area contributed by atoms with Crippen LogP contribution in [-0.4, -0.2) is 78.3 Å². The zero-order chi connectivity index (χ0) is 18.6. The van der Waals surface area contributed by atoms with Gasteiger partial charge in [-0.25, -0.2) is 18.0 Å². The summed E-state index contributed by atoms with van der Waals surface area (Å²) in [5.74, 6) is -0.988. The Morgan fingerprint density at radius 3 is 2.04 bits per heavy atom. The van der Waals surface area contributed by atoms with Crippen molar-refractivity contribution in [3.63, 3.8) is 0 Å². The molecule has 3 rings (SSSR count). The summed E-state index contributed by atoms with van der Waals surface area (Å²) in [6, 6.07) is 0. The number of carboxylic acids is 2. The molecule has 3 atom stereocenters. The molecule has 0 spiro atoms. The molecule has 2 bridgehead atoms. The van der Waals surface area contributed by atoms with E-state index in [0.717, 1.165) is 37.4 Å². The standard InChI is InChI=1S/C14H24N2O2S.C2H2O4/c1-2-19(17,18)16-7-5-15(6-8-16)11-14-10-12-3-4-13(14)9-12;3-1(4)2(5)6/h3-4,12-14H,2,5-11H2,1H3;(H,3,4)(H,5,6). The Morgan fingerprint density at radius 1 is 1.04 bits per heavy atom. The first-order chi connectivity index (χ1) is 11.7. The number of fused-ring (bicyclic) bond motifs is 2. The van der Waals surface area contributed by atoms with E-state index in [0.29, 0.717) is 13.1 Å². The quantitative estimate of drug-likeness (QED) is 0.538. The predicted molar refractivity (Wildman–Crippen MR) is 91.6 cm³/mol. The van der Waals surface area contributed by atoms with Gasteiger partial charge in [-0.15, -0.1) is 0 Å². The molecule has 1 saturated heterocycles. The second-order valence-electron chi connectivity index (χ2n) is 6.75. The first-order valence-corrected chi connectivity index (χ1v) is 10.2. The summed E-state index contributed by atoms with van der Waals surface area (Å²) in [4.78, 5) is 20.7. The van der Waals surface area contributed by atoms with Crippen LogP contribution in [0.2, 0.25) is 0 Å². The zero-order valence-corrected chi connectivity index (χ0v) is 15.2. The van der Waals surface area contributed by atoms with E-state index in [1.165, 1.54) is 12.8 Å². The van der Waals surface area contributed by atoms with Crippen LogP contribution in [0.5, 0.6) is 0 Å². The van der Waals surface area contributed by atoms with Crippen LogP contribution in [0, 0.1) is 17.8 Å².